The molecular formula is C25H29FN4O6S. The van der Waals surface area contributed by atoms with E-state index < -0.39 is 21.8 Å². The summed E-state index contributed by atoms with van der Waals surface area (Å²) in [5.41, 5.74) is 0.357. The molecule has 0 radical (unpaired) electrons. The number of carboxylic acid groups (broad SMARTS) is 1. The van der Waals surface area contributed by atoms with Gasteiger partial charge in [-0.05, 0) is 55.3 Å². The van der Waals surface area contributed by atoms with E-state index in [-0.39, 0.29) is 57.8 Å². The van der Waals surface area contributed by atoms with Crippen LogP contribution in [0.4, 0.5) is 10.1 Å². The third-order valence-electron chi connectivity index (χ3n) is 5.26. The Labute approximate surface area is 214 Å². The molecule has 2 aromatic carbocycles. The van der Waals surface area contributed by atoms with E-state index in [9.17, 15) is 27.5 Å². The lowest BCUT2D eigenvalue weighted by atomic mass is 10.2. The largest absolute Gasteiger partial charge is 0.476 e. The molecule has 3 rings (SSSR count). The highest BCUT2D eigenvalue weighted by atomic mass is 32.2. The minimum Gasteiger partial charge on any atom is -0.476 e. The first-order chi connectivity index (χ1) is 17.3. The smallest absolute Gasteiger partial charge is 0.356 e. The molecule has 3 N–H and O–H groups in total. The predicted octanol–water partition coefficient (Wildman–Crippen LogP) is 4.34. The Morgan fingerprint density at radius 2 is 1.76 bits per heavy atom. The number of ether oxygens (including phenoxy) is 1. The van der Waals surface area contributed by atoms with Crippen LogP contribution in [0.1, 0.15) is 43.7 Å². The summed E-state index contributed by atoms with van der Waals surface area (Å²) in [5.74, 6) is -2.63. The number of nitrogens with zero attached hydrogens (tertiary/aromatic N) is 2. The third-order valence-corrected chi connectivity index (χ3v) is 6.70. The minimum absolute atomic E-state index is 0.0169. The highest BCUT2D eigenvalue weighted by Gasteiger charge is 2.26. The van der Waals surface area contributed by atoms with Gasteiger partial charge in [0.1, 0.15) is 16.5 Å². The molecule has 0 saturated carbocycles. The Hall–Kier alpha value is -3.77. The Bertz CT molecular complexity index is 1420. The van der Waals surface area contributed by atoms with Gasteiger partial charge in [0, 0.05) is 23.7 Å². The van der Waals surface area contributed by atoms with Crippen LogP contribution in [0.3, 0.4) is 0 Å². The van der Waals surface area contributed by atoms with Crippen LogP contribution in [-0.2, 0) is 14.8 Å². The summed E-state index contributed by atoms with van der Waals surface area (Å²) in [6, 6.07) is 9.22. The lowest BCUT2D eigenvalue weighted by Gasteiger charge is -2.17. The highest BCUT2D eigenvalue weighted by Crippen LogP contribution is 2.35. The second kappa shape index (κ2) is 11.1. The number of hydrogen-bond acceptors (Lipinski definition) is 6. The second-order valence-electron chi connectivity index (χ2n) is 9.13. The number of carbonyl (C=O) groups is 2. The zero-order valence-electron chi connectivity index (χ0n) is 21.1. The first kappa shape index (κ1) is 27.8. The number of carbonyl (C=O) groups excluding carboxylic acids is 1. The molecular weight excluding hydrogens is 503 g/mol. The number of nitrogens with one attached hydrogen (secondary N) is 2. The van der Waals surface area contributed by atoms with Crippen molar-refractivity contribution in [2.24, 2.45) is 11.8 Å². The van der Waals surface area contributed by atoms with Crippen molar-refractivity contribution in [1.82, 2.24) is 14.5 Å². The van der Waals surface area contributed by atoms with Crippen LogP contribution in [0, 0.1) is 24.6 Å². The van der Waals surface area contributed by atoms with Gasteiger partial charge in [0.05, 0.1) is 5.69 Å². The average molecular weight is 533 g/mol. The molecule has 0 bridgehead atoms. The third kappa shape index (κ3) is 6.52. The molecule has 1 heterocycles. The molecule has 12 heteroatoms. The van der Waals surface area contributed by atoms with Gasteiger partial charge in [-0.3, -0.25) is 4.79 Å². The van der Waals surface area contributed by atoms with Crippen molar-refractivity contribution in [1.29, 1.82) is 0 Å². The van der Waals surface area contributed by atoms with Gasteiger partial charge in [-0.2, -0.15) is 9.78 Å². The van der Waals surface area contributed by atoms with Crippen LogP contribution in [0.5, 0.6) is 11.6 Å². The van der Waals surface area contributed by atoms with Crippen molar-refractivity contribution in [3.63, 3.8) is 0 Å². The van der Waals surface area contributed by atoms with Crippen LogP contribution >= 0.6 is 0 Å². The van der Waals surface area contributed by atoms with Crippen LogP contribution in [-0.4, -0.2) is 41.7 Å². The number of halogens is 1. The Balaban J connectivity index is 2.15. The SMILES string of the molecule is Cc1c(C(=O)O)nn(-c2ccc(F)cc2)c1Oc1ccc(NC(=O)C(C)C)cc1S(=O)(=O)NCC(C)C. The summed E-state index contributed by atoms with van der Waals surface area (Å²) >= 11 is 0. The van der Waals surface area contributed by atoms with Crippen molar-refractivity contribution >= 4 is 27.6 Å². The molecule has 37 heavy (non-hydrogen) atoms. The standard InChI is InChI=1S/C25H29FN4O6S/c1-14(2)13-27-37(34,35)21-12-18(28-23(31)15(3)4)8-11-20(21)36-24-16(5)22(25(32)33)29-30(24)19-9-6-17(26)7-10-19/h6-12,14-15,27H,13H2,1-5H3,(H,28,31)(H,32,33). The molecule has 3 aromatic rings. The van der Waals surface area contributed by atoms with Gasteiger partial charge in [0.2, 0.25) is 21.8 Å². The molecule has 0 unspecified atom stereocenters. The zero-order chi connectivity index (χ0) is 27.5. The topological polar surface area (TPSA) is 140 Å². The van der Waals surface area contributed by atoms with Gasteiger partial charge < -0.3 is 15.2 Å². The Kier molecular flexibility index (Phi) is 8.34. The van der Waals surface area contributed by atoms with E-state index in [1.165, 1.54) is 49.4 Å². The van der Waals surface area contributed by atoms with Gasteiger partial charge in [-0.1, -0.05) is 27.7 Å². The maximum atomic E-state index is 13.5. The molecule has 0 spiro atoms. The number of sulfonamides is 1. The van der Waals surface area contributed by atoms with E-state index in [2.05, 4.69) is 15.1 Å². The van der Waals surface area contributed by atoms with E-state index in [1.54, 1.807) is 13.8 Å². The molecule has 0 aliphatic heterocycles. The molecule has 10 nitrogen and oxygen atoms in total. The zero-order valence-corrected chi connectivity index (χ0v) is 21.9. The summed E-state index contributed by atoms with van der Waals surface area (Å²) in [7, 11) is -4.11. The Morgan fingerprint density at radius 3 is 2.32 bits per heavy atom. The number of aromatic carboxylic acids is 1. The van der Waals surface area contributed by atoms with E-state index in [0.717, 1.165) is 4.68 Å². The van der Waals surface area contributed by atoms with Crippen LogP contribution in [0.15, 0.2) is 47.4 Å². The summed E-state index contributed by atoms with van der Waals surface area (Å²) < 4.78 is 49.7. The van der Waals surface area contributed by atoms with Gasteiger partial charge in [0.15, 0.2) is 5.69 Å². The number of hydrogen-bond donors (Lipinski definition) is 3. The first-order valence-electron chi connectivity index (χ1n) is 11.5. The van der Waals surface area contributed by atoms with Gasteiger partial charge in [-0.25, -0.2) is 22.3 Å². The average Bonchev–Trinajstić information content (AvgIpc) is 3.15. The fourth-order valence-corrected chi connectivity index (χ4v) is 4.55. The van der Waals surface area contributed by atoms with E-state index in [1.807, 2.05) is 13.8 Å². The maximum absolute atomic E-state index is 13.5. The van der Waals surface area contributed by atoms with Crippen LogP contribution < -0.4 is 14.8 Å². The minimum atomic E-state index is -4.11. The van der Waals surface area contributed by atoms with Crippen molar-refractivity contribution in [2.75, 3.05) is 11.9 Å². The predicted molar refractivity (Wildman–Crippen MR) is 135 cm³/mol. The highest BCUT2D eigenvalue weighted by molar-refractivity contribution is 7.89. The molecule has 198 valence electrons. The number of carboxylic acids is 1. The van der Waals surface area contributed by atoms with Crippen molar-refractivity contribution in [3.05, 3.63) is 59.5 Å². The molecule has 0 fully saturated rings. The number of rotatable bonds is 10. The number of amides is 1. The van der Waals surface area contributed by atoms with Crippen molar-refractivity contribution in [2.45, 2.75) is 39.5 Å². The van der Waals surface area contributed by atoms with Gasteiger partial charge in [0.25, 0.3) is 0 Å². The fourth-order valence-electron chi connectivity index (χ4n) is 3.19. The quantitative estimate of drug-likeness (QED) is 0.353. The summed E-state index contributed by atoms with van der Waals surface area (Å²) in [5, 5.41) is 16.3. The Morgan fingerprint density at radius 1 is 1.11 bits per heavy atom. The fraction of sp³-hybridized carbons (Fsp3) is 0.320. The molecule has 0 aliphatic carbocycles. The molecule has 0 atom stereocenters. The van der Waals surface area contributed by atoms with Crippen molar-refractivity contribution < 1.29 is 32.2 Å². The molecule has 0 aliphatic rings. The lowest BCUT2D eigenvalue weighted by molar-refractivity contribution is -0.118. The molecule has 0 saturated heterocycles. The van der Waals surface area contributed by atoms with Crippen LogP contribution in [0.2, 0.25) is 0 Å². The summed E-state index contributed by atoms with van der Waals surface area (Å²) in [6.45, 7) is 8.71. The second-order valence-corrected chi connectivity index (χ2v) is 10.9. The van der Waals surface area contributed by atoms with Gasteiger partial charge in [-0.15, -0.1) is 0 Å². The number of anilines is 1. The summed E-state index contributed by atoms with van der Waals surface area (Å²) in [4.78, 5) is 23.7. The van der Waals surface area contributed by atoms with E-state index in [4.69, 9.17) is 4.74 Å². The van der Waals surface area contributed by atoms with E-state index >= 15 is 0 Å². The molecule has 1 amide bonds. The summed E-state index contributed by atoms with van der Waals surface area (Å²) in [6.07, 6.45) is 0. The monoisotopic (exact) mass is 532 g/mol. The number of benzene rings is 2. The number of aromatic nitrogens is 2. The van der Waals surface area contributed by atoms with Crippen LogP contribution in [0.25, 0.3) is 5.69 Å². The molecule has 1 aromatic heterocycles. The normalized spacial score (nSPS) is 11.7. The van der Waals surface area contributed by atoms with E-state index in [0.29, 0.717) is 5.69 Å². The maximum Gasteiger partial charge on any atom is 0.356 e. The van der Waals surface area contributed by atoms with Crippen molar-refractivity contribution in [3.8, 4) is 17.3 Å². The van der Waals surface area contributed by atoms with Gasteiger partial charge >= 0.3 is 5.97 Å². The first-order valence-corrected chi connectivity index (χ1v) is 13.0. The lowest BCUT2D eigenvalue weighted by Crippen LogP contribution is -2.28.